The van der Waals surface area contributed by atoms with E-state index >= 15 is 0 Å². The van der Waals surface area contributed by atoms with Crippen LogP contribution in [0.15, 0.2) is 73.2 Å². The van der Waals surface area contributed by atoms with Crippen molar-refractivity contribution in [2.24, 2.45) is 7.05 Å². The molecule has 0 bridgehead atoms. The van der Waals surface area contributed by atoms with E-state index in [2.05, 4.69) is 15.4 Å². The molecule has 0 saturated carbocycles. The van der Waals surface area contributed by atoms with E-state index in [9.17, 15) is 4.79 Å². The summed E-state index contributed by atoms with van der Waals surface area (Å²) in [6.45, 7) is 0.406. The van der Waals surface area contributed by atoms with E-state index < -0.39 is 0 Å². The first-order chi connectivity index (χ1) is 12.7. The minimum absolute atomic E-state index is 0.100. The Bertz CT molecular complexity index is 1080. The number of hydrogen-bond donors (Lipinski definition) is 1. The van der Waals surface area contributed by atoms with Crippen LogP contribution in [0.1, 0.15) is 15.9 Å². The van der Waals surface area contributed by atoms with E-state index in [0.29, 0.717) is 12.1 Å². The maximum Gasteiger partial charge on any atom is 0.251 e. The van der Waals surface area contributed by atoms with Gasteiger partial charge in [0, 0.05) is 37.1 Å². The highest BCUT2D eigenvalue weighted by Crippen LogP contribution is 2.20. The first-order valence-electron chi connectivity index (χ1n) is 8.40. The molecule has 2 aromatic carbocycles. The van der Waals surface area contributed by atoms with Crippen LogP contribution in [0.3, 0.4) is 0 Å². The van der Waals surface area contributed by atoms with E-state index in [1.807, 2.05) is 67.8 Å². The molecule has 0 fully saturated rings. The van der Waals surface area contributed by atoms with Crippen LogP contribution in [0.2, 0.25) is 0 Å². The van der Waals surface area contributed by atoms with Gasteiger partial charge < -0.3 is 5.32 Å². The van der Waals surface area contributed by atoms with Crippen LogP contribution in [0.5, 0.6) is 0 Å². The molecular formula is C21H18N4O. The topological polar surface area (TPSA) is 59.8 Å². The quantitative estimate of drug-likeness (QED) is 0.617. The first kappa shape index (κ1) is 16.0. The summed E-state index contributed by atoms with van der Waals surface area (Å²) < 4.78 is 1.74. The Balaban J connectivity index is 1.54. The molecule has 1 N–H and O–H groups in total. The van der Waals surface area contributed by atoms with Gasteiger partial charge in [-0.2, -0.15) is 5.10 Å². The fraction of sp³-hybridized carbons (Fsp3) is 0.0952. The number of aryl methyl sites for hydroxylation is 1. The second-order valence-corrected chi connectivity index (χ2v) is 6.16. The van der Waals surface area contributed by atoms with E-state index in [0.717, 1.165) is 27.6 Å². The van der Waals surface area contributed by atoms with Gasteiger partial charge in [-0.15, -0.1) is 0 Å². The molecule has 0 spiro atoms. The summed E-state index contributed by atoms with van der Waals surface area (Å²) in [5, 5.41) is 9.36. The van der Waals surface area contributed by atoms with Gasteiger partial charge in [-0.3, -0.25) is 14.5 Å². The lowest BCUT2D eigenvalue weighted by atomic mass is 10.1. The van der Waals surface area contributed by atoms with Crippen LogP contribution in [0.25, 0.3) is 22.0 Å². The van der Waals surface area contributed by atoms with Gasteiger partial charge in [0.15, 0.2) is 0 Å². The van der Waals surface area contributed by atoms with Crippen LogP contribution in [0.4, 0.5) is 0 Å². The zero-order chi connectivity index (χ0) is 17.9. The van der Waals surface area contributed by atoms with Gasteiger partial charge in [0.2, 0.25) is 0 Å². The summed E-state index contributed by atoms with van der Waals surface area (Å²) in [5.74, 6) is -0.100. The normalized spacial score (nSPS) is 10.8. The fourth-order valence-electron chi connectivity index (χ4n) is 2.99. The van der Waals surface area contributed by atoms with E-state index in [1.165, 1.54) is 0 Å². The molecule has 2 heterocycles. The number of nitrogens with zero attached hydrogens (tertiary/aromatic N) is 3. The Morgan fingerprint density at radius 2 is 1.92 bits per heavy atom. The predicted octanol–water partition coefficient (Wildman–Crippen LogP) is 3.57. The summed E-state index contributed by atoms with van der Waals surface area (Å²) in [7, 11) is 1.87. The van der Waals surface area contributed by atoms with Crippen molar-refractivity contribution in [2.45, 2.75) is 6.54 Å². The number of carbonyl (C=O) groups is 1. The monoisotopic (exact) mass is 342 g/mol. The molecule has 4 aromatic rings. The van der Waals surface area contributed by atoms with Crippen molar-refractivity contribution in [2.75, 3.05) is 0 Å². The van der Waals surface area contributed by atoms with Gasteiger partial charge in [0.25, 0.3) is 5.91 Å². The van der Waals surface area contributed by atoms with Crippen LogP contribution in [0, 0.1) is 0 Å². The average Bonchev–Trinajstić information content (AvgIpc) is 3.12. The van der Waals surface area contributed by atoms with Crippen molar-refractivity contribution >= 4 is 16.7 Å². The second-order valence-electron chi connectivity index (χ2n) is 6.16. The lowest BCUT2D eigenvalue weighted by Gasteiger charge is -2.09. The van der Waals surface area contributed by atoms with Gasteiger partial charge >= 0.3 is 0 Å². The molecule has 0 unspecified atom stereocenters. The fourth-order valence-corrected chi connectivity index (χ4v) is 2.99. The predicted molar refractivity (Wildman–Crippen MR) is 102 cm³/mol. The number of carbonyl (C=O) groups excluding carboxylic acids is 1. The molecule has 0 aliphatic carbocycles. The number of amides is 1. The average molecular weight is 342 g/mol. The van der Waals surface area contributed by atoms with Gasteiger partial charge in [-0.1, -0.05) is 36.4 Å². The van der Waals surface area contributed by atoms with Crippen molar-refractivity contribution < 1.29 is 4.79 Å². The number of hydrogen-bond acceptors (Lipinski definition) is 3. The highest BCUT2D eigenvalue weighted by molar-refractivity contribution is 5.98. The highest BCUT2D eigenvalue weighted by atomic mass is 16.1. The van der Waals surface area contributed by atoms with Crippen molar-refractivity contribution in [1.29, 1.82) is 0 Å². The first-order valence-corrected chi connectivity index (χ1v) is 8.40. The number of fused-ring (bicyclic) bond motifs is 1. The maximum atomic E-state index is 12.6. The minimum atomic E-state index is -0.100. The maximum absolute atomic E-state index is 12.6. The summed E-state index contributed by atoms with van der Waals surface area (Å²) >= 11 is 0. The van der Waals surface area contributed by atoms with Crippen LogP contribution < -0.4 is 5.32 Å². The zero-order valence-electron chi connectivity index (χ0n) is 14.4. The Morgan fingerprint density at radius 1 is 1.08 bits per heavy atom. The lowest BCUT2D eigenvalue weighted by Crippen LogP contribution is -2.23. The molecular weight excluding hydrogens is 324 g/mol. The summed E-state index contributed by atoms with van der Waals surface area (Å²) in [6.07, 6.45) is 5.44. The molecule has 0 saturated heterocycles. The Kier molecular flexibility index (Phi) is 4.19. The van der Waals surface area contributed by atoms with E-state index in [4.69, 9.17) is 0 Å². The molecule has 0 radical (unpaired) electrons. The summed E-state index contributed by atoms with van der Waals surface area (Å²) in [6, 6.07) is 17.6. The molecule has 128 valence electrons. The molecule has 2 aromatic heterocycles. The smallest absolute Gasteiger partial charge is 0.251 e. The molecule has 1 amide bonds. The van der Waals surface area contributed by atoms with Crippen LogP contribution in [-0.2, 0) is 13.6 Å². The zero-order valence-corrected chi connectivity index (χ0v) is 14.4. The van der Waals surface area contributed by atoms with E-state index in [-0.39, 0.29) is 5.91 Å². The van der Waals surface area contributed by atoms with Gasteiger partial charge in [0.1, 0.15) is 0 Å². The number of nitrogens with one attached hydrogen (secondary N) is 1. The molecule has 26 heavy (non-hydrogen) atoms. The second kappa shape index (κ2) is 6.80. The molecule has 4 rings (SSSR count). The SMILES string of the molecule is Cn1cc(-c2ncccc2CNC(=O)c2ccc3ccccc3c2)cn1. The molecule has 5 nitrogen and oxygen atoms in total. The number of pyridine rings is 1. The largest absolute Gasteiger partial charge is 0.348 e. The third kappa shape index (κ3) is 3.19. The molecule has 0 aliphatic heterocycles. The van der Waals surface area contributed by atoms with Gasteiger partial charge in [0.05, 0.1) is 11.9 Å². The Morgan fingerprint density at radius 3 is 2.73 bits per heavy atom. The number of aromatic nitrogens is 3. The molecule has 0 atom stereocenters. The third-order valence-corrected chi connectivity index (χ3v) is 4.32. The van der Waals surface area contributed by atoms with Gasteiger partial charge in [-0.05, 0) is 34.5 Å². The summed E-state index contributed by atoms with van der Waals surface area (Å²) in [5.41, 5.74) is 3.37. The van der Waals surface area contributed by atoms with Crippen molar-refractivity contribution in [1.82, 2.24) is 20.1 Å². The molecule has 0 aliphatic rings. The Labute approximate surface area is 151 Å². The minimum Gasteiger partial charge on any atom is -0.348 e. The number of rotatable bonds is 4. The highest BCUT2D eigenvalue weighted by Gasteiger charge is 2.11. The summed E-state index contributed by atoms with van der Waals surface area (Å²) in [4.78, 5) is 17.0. The van der Waals surface area contributed by atoms with Crippen molar-refractivity contribution in [3.8, 4) is 11.3 Å². The van der Waals surface area contributed by atoms with E-state index in [1.54, 1.807) is 17.1 Å². The van der Waals surface area contributed by atoms with Gasteiger partial charge in [-0.25, -0.2) is 0 Å². The Hall–Kier alpha value is -3.47. The molecule has 5 heteroatoms. The standard InChI is InChI=1S/C21H18N4O/c1-25-14-19(13-24-25)20-18(7-4-10-22-20)12-23-21(26)17-9-8-15-5-2-3-6-16(15)11-17/h2-11,13-14H,12H2,1H3,(H,23,26). The van der Waals surface area contributed by atoms with Crippen molar-refractivity contribution in [3.05, 3.63) is 84.3 Å². The third-order valence-electron chi connectivity index (χ3n) is 4.32. The van der Waals surface area contributed by atoms with Crippen LogP contribution in [-0.4, -0.2) is 20.7 Å². The van der Waals surface area contributed by atoms with Crippen LogP contribution >= 0.6 is 0 Å². The number of benzene rings is 2. The lowest BCUT2D eigenvalue weighted by molar-refractivity contribution is 0.0951. The van der Waals surface area contributed by atoms with Crippen molar-refractivity contribution in [3.63, 3.8) is 0 Å².